The van der Waals surface area contributed by atoms with Gasteiger partial charge in [-0.1, -0.05) is 26.0 Å². The highest BCUT2D eigenvalue weighted by Crippen LogP contribution is 2.33. The molecule has 1 atom stereocenters. The van der Waals surface area contributed by atoms with Gasteiger partial charge >= 0.3 is 0 Å². The van der Waals surface area contributed by atoms with Crippen LogP contribution in [-0.4, -0.2) is 27.2 Å². The fraction of sp³-hybridized carbons (Fsp3) is 0.846. The van der Waals surface area contributed by atoms with Crippen molar-refractivity contribution in [2.75, 3.05) is 6.61 Å². The highest BCUT2D eigenvalue weighted by molar-refractivity contribution is 5.09. The molecular formula is C13H26N4O. The highest BCUT2D eigenvalue weighted by atomic mass is 16.5. The molecule has 2 N–H and O–H groups in total. The Morgan fingerprint density at radius 2 is 2.00 bits per heavy atom. The van der Waals surface area contributed by atoms with Gasteiger partial charge in [-0.3, -0.25) is 0 Å². The number of ether oxygens (including phenoxy) is 1. The van der Waals surface area contributed by atoms with Crippen LogP contribution in [0, 0.1) is 0 Å². The third-order valence-corrected chi connectivity index (χ3v) is 3.60. The van der Waals surface area contributed by atoms with Crippen molar-refractivity contribution in [2.24, 2.45) is 5.73 Å². The molecule has 0 aliphatic heterocycles. The molecule has 18 heavy (non-hydrogen) atoms. The first-order valence-corrected chi connectivity index (χ1v) is 6.93. The summed E-state index contributed by atoms with van der Waals surface area (Å²) >= 11 is 0. The van der Waals surface area contributed by atoms with Crippen molar-refractivity contribution in [3.8, 4) is 0 Å². The predicted molar refractivity (Wildman–Crippen MR) is 72.2 cm³/mol. The summed E-state index contributed by atoms with van der Waals surface area (Å²) in [4.78, 5) is 0. The van der Waals surface area contributed by atoms with Crippen LogP contribution in [0.1, 0.15) is 58.7 Å². The van der Waals surface area contributed by atoms with E-state index in [2.05, 4.69) is 31.1 Å². The molecule has 0 aliphatic carbocycles. The van der Waals surface area contributed by atoms with Gasteiger partial charge in [0, 0.05) is 13.2 Å². The second kappa shape index (κ2) is 6.85. The maximum Gasteiger partial charge on any atom is 0.0884 e. The Hall–Kier alpha value is -0.940. The third-order valence-electron chi connectivity index (χ3n) is 3.60. The molecule has 0 aromatic carbocycles. The lowest BCUT2D eigenvalue weighted by Crippen LogP contribution is -2.44. The van der Waals surface area contributed by atoms with Crippen molar-refractivity contribution in [3.05, 3.63) is 11.9 Å². The van der Waals surface area contributed by atoms with Crippen molar-refractivity contribution < 1.29 is 4.74 Å². The fourth-order valence-electron chi connectivity index (χ4n) is 2.43. The maximum absolute atomic E-state index is 6.43. The van der Waals surface area contributed by atoms with E-state index in [9.17, 15) is 0 Å². The van der Waals surface area contributed by atoms with E-state index < -0.39 is 0 Å². The van der Waals surface area contributed by atoms with Gasteiger partial charge in [0.1, 0.15) is 0 Å². The monoisotopic (exact) mass is 254 g/mol. The Balaban J connectivity index is 3.01. The molecule has 0 saturated heterocycles. The zero-order valence-corrected chi connectivity index (χ0v) is 12.0. The van der Waals surface area contributed by atoms with Crippen LogP contribution in [-0.2, 0) is 11.3 Å². The van der Waals surface area contributed by atoms with Crippen LogP contribution in [0.25, 0.3) is 0 Å². The SMILES string of the molecule is CCCn1nncc1C(N)C(CC)(CC)OCC. The first-order valence-electron chi connectivity index (χ1n) is 6.93. The molecule has 5 nitrogen and oxygen atoms in total. The van der Waals surface area contributed by atoms with Crippen LogP contribution in [0.2, 0.25) is 0 Å². The van der Waals surface area contributed by atoms with Crippen molar-refractivity contribution in [3.63, 3.8) is 0 Å². The van der Waals surface area contributed by atoms with E-state index in [1.165, 1.54) is 0 Å². The molecule has 0 aliphatic rings. The average Bonchev–Trinajstić information content (AvgIpc) is 2.84. The fourth-order valence-corrected chi connectivity index (χ4v) is 2.43. The van der Waals surface area contributed by atoms with Gasteiger partial charge < -0.3 is 10.5 Å². The number of hydrogen-bond donors (Lipinski definition) is 1. The lowest BCUT2D eigenvalue weighted by molar-refractivity contribution is -0.0662. The number of aromatic nitrogens is 3. The zero-order valence-electron chi connectivity index (χ0n) is 12.0. The van der Waals surface area contributed by atoms with E-state index in [0.717, 1.165) is 31.5 Å². The van der Waals surface area contributed by atoms with Gasteiger partial charge in [0.15, 0.2) is 0 Å². The van der Waals surface area contributed by atoms with Crippen molar-refractivity contribution >= 4 is 0 Å². The Bertz CT molecular complexity index is 347. The summed E-state index contributed by atoms with van der Waals surface area (Å²) in [6.07, 6.45) is 4.55. The molecular weight excluding hydrogens is 228 g/mol. The quantitative estimate of drug-likeness (QED) is 0.773. The second-order valence-corrected chi connectivity index (χ2v) is 4.56. The molecule has 0 radical (unpaired) electrons. The van der Waals surface area contributed by atoms with E-state index in [1.807, 2.05) is 11.6 Å². The minimum absolute atomic E-state index is 0.186. The Morgan fingerprint density at radius 1 is 1.33 bits per heavy atom. The minimum atomic E-state index is -0.318. The molecule has 0 saturated carbocycles. The van der Waals surface area contributed by atoms with Crippen LogP contribution in [0.4, 0.5) is 0 Å². The smallest absolute Gasteiger partial charge is 0.0884 e. The third kappa shape index (κ3) is 2.90. The number of aryl methyl sites for hydroxylation is 1. The number of nitrogens with two attached hydrogens (primary N) is 1. The number of rotatable bonds is 8. The summed E-state index contributed by atoms with van der Waals surface area (Å²) in [5.74, 6) is 0. The van der Waals surface area contributed by atoms with Gasteiger partial charge in [0.05, 0.1) is 23.5 Å². The molecule has 1 rings (SSSR count). The van der Waals surface area contributed by atoms with Gasteiger partial charge in [-0.05, 0) is 26.2 Å². The van der Waals surface area contributed by atoms with E-state index in [-0.39, 0.29) is 11.6 Å². The van der Waals surface area contributed by atoms with E-state index >= 15 is 0 Å². The van der Waals surface area contributed by atoms with Crippen LogP contribution in [0.5, 0.6) is 0 Å². The van der Waals surface area contributed by atoms with Crippen molar-refractivity contribution in [2.45, 2.75) is 65.1 Å². The van der Waals surface area contributed by atoms with Gasteiger partial charge in [-0.25, -0.2) is 4.68 Å². The van der Waals surface area contributed by atoms with Gasteiger partial charge in [0.2, 0.25) is 0 Å². The standard InChI is InChI=1S/C13H26N4O/c1-5-9-17-11(10-15-16-17)12(14)13(6-2,7-3)18-8-4/h10,12H,5-9,14H2,1-4H3. The van der Waals surface area contributed by atoms with Crippen molar-refractivity contribution in [1.82, 2.24) is 15.0 Å². The number of hydrogen-bond acceptors (Lipinski definition) is 4. The second-order valence-electron chi connectivity index (χ2n) is 4.56. The summed E-state index contributed by atoms with van der Waals surface area (Å²) < 4.78 is 7.85. The van der Waals surface area contributed by atoms with E-state index in [4.69, 9.17) is 10.5 Å². The predicted octanol–water partition coefficient (Wildman–Crippen LogP) is 2.28. The topological polar surface area (TPSA) is 66.0 Å². The first-order chi connectivity index (χ1) is 8.65. The molecule has 0 fully saturated rings. The van der Waals surface area contributed by atoms with Crippen molar-refractivity contribution in [1.29, 1.82) is 0 Å². The van der Waals surface area contributed by atoms with E-state index in [0.29, 0.717) is 6.61 Å². The summed E-state index contributed by atoms with van der Waals surface area (Å²) in [6.45, 7) is 9.88. The Kier molecular flexibility index (Phi) is 5.75. The molecule has 1 heterocycles. The normalized spacial score (nSPS) is 13.8. The summed E-state index contributed by atoms with van der Waals surface area (Å²) in [5, 5.41) is 8.08. The lowest BCUT2D eigenvalue weighted by atomic mass is 9.87. The van der Waals surface area contributed by atoms with Crippen LogP contribution >= 0.6 is 0 Å². The molecule has 0 spiro atoms. The van der Waals surface area contributed by atoms with E-state index in [1.54, 1.807) is 6.20 Å². The molecule has 5 heteroatoms. The lowest BCUT2D eigenvalue weighted by Gasteiger charge is -2.37. The average molecular weight is 254 g/mol. The minimum Gasteiger partial charge on any atom is -0.373 e. The summed E-state index contributed by atoms with van der Waals surface area (Å²) in [5.41, 5.74) is 7.08. The van der Waals surface area contributed by atoms with Crippen LogP contribution in [0.3, 0.4) is 0 Å². The molecule has 0 amide bonds. The molecule has 104 valence electrons. The van der Waals surface area contributed by atoms with Crippen LogP contribution < -0.4 is 5.73 Å². The number of nitrogens with zero attached hydrogens (tertiary/aromatic N) is 3. The Labute approximate surface area is 110 Å². The molecule has 1 aromatic heterocycles. The zero-order chi connectivity index (χ0) is 13.6. The summed E-state index contributed by atoms with van der Waals surface area (Å²) in [7, 11) is 0. The Morgan fingerprint density at radius 3 is 2.50 bits per heavy atom. The molecule has 1 unspecified atom stereocenters. The van der Waals surface area contributed by atoms with Gasteiger partial charge in [-0.2, -0.15) is 0 Å². The van der Waals surface area contributed by atoms with Crippen LogP contribution in [0.15, 0.2) is 6.20 Å². The molecule has 0 bridgehead atoms. The first kappa shape index (κ1) is 15.1. The molecule has 1 aromatic rings. The maximum atomic E-state index is 6.43. The highest BCUT2D eigenvalue weighted by Gasteiger charge is 2.37. The van der Waals surface area contributed by atoms with Gasteiger partial charge in [0.25, 0.3) is 0 Å². The summed E-state index contributed by atoms with van der Waals surface area (Å²) in [6, 6.07) is -0.186. The largest absolute Gasteiger partial charge is 0.373 e. The van der Waals surface area contributed by atoms with Gasteiger partial charge in [-0.15, -0.1) is 5.10 Å².